The minimum absolute atomic E-state index is 0.161. The molecule has 0 saturated carbocycles. The van der Waals surface area contributed by atoms with E-state index in [0.717, 1.165) is 12.1 Å². The van der Waals surface area contributed by atoms with Gasteiger partial charge in [-0.15, -0.1) is 0 Å². The van der Waals surface area contributed by atoms with Gasteiger partial charge >= 0.3 is 0 Å². The first kappa shape index (κ1) is 14.7. The Kier molecular flexibility index (Phi) is 4.22. The molecule has 7 heteroatoms. The van der Waals surface area contributed by atoms with Gasteiger partial charge in [0.1, 0.15) is 0 Å². The van der Waals surface area contributed by atoms with E-state index in [1.807, 2.05) is 0 Å². The third kappa shape index (κ3) is 3.03. The molecular formula is C15H15ClN4O2. The summed E-state index contributed by atoms with van der Waals surface area (Å²) < 4.78 is 0. The van der Waals surface area contributed by atoms with E-state index < -0.39 is 6.04 Å². The summed E-state index contributed by atoms with van der Waals surface area (Å²) >= 11 is 5.92. The lowest BCUT2D eigenvalue weighted by atomic mass is 10.2. The number of nitrogens with one attached hydrogen (secondary N) is 2. The van der Waals surface area contributed by atoms with Crippen LogP contribution < -0.4 is 10.2 Å². The van der Waals surface area contributed by atoms with Crippen LogP contribution in [0.15, 0.2) is 36.8 Å². The summed E-state index contributed by atoms with van der Waals surface area (Å²) in [6.07, 6.45) is 4.23. The van der Waals surface area contributed by atoms with Gasteiger partial charge in [-0.1, -0.05) is 17.7 Å². The fraction of sp³-hybridized carbons (Fsp3) is 0.267. The number of hydrogen-bond acceptors (Lipinski definition) is 4. The topological polar surface area (TPSA) is 78.1 Å². The number of amides is 2. The molecule has 2 N–H and O–H groups in total. The molecular weight excluding hydrogens is 304 g/mol. The number of nitrogens with zero attached hydrogens (tertiary/aromatic N) is 2. The van der Waals surface area contributed by atoms with Gasteiger partial charge in [0.2, 0.25) is 5.91 Å². The van der Waals surface area contributed by atoms with Crippen LogP contribution in [-0.2, 0) is 16.0 Å². The van der Waals surface area contributed by atoms with Gasteiger partial charge in [-0.2, -0.15) is 0 Å². The number of anilines is 1. The number of aromatic nitrogens is 2. The normalized spacial score (nSPS) is 18.2. The molecule has 1 fully saturated rings. The molecule has 3 rings (SSSR count). The summed E-state index contributed by atoms with van der Waals surface area (Å²) in [5, 5.41) is 3.62. The summed E-state index contributed by atoms with van der Waals surface area (Å²) in [7, 11) is 0. The van der Waals surface area contributed by atoms with Gasteiger partial charge in [-0.25, -0.2) is 9.88 Å². The maximum atomic E-state index is 12.4. The van der Waals surface area contributed by atoms with Crippen molar-refractivity contribution in [2.75, 3.05) is 11.4 Å². The number of aromatic amines is 1. The predicted octanol–water partition coefficient (Wildman–Crippen LogP) is 1.53. The molecule has 1 aliphatic heterocycles. The van der Waals surface area contributed by atoms with Crippen molar-refractivity contribution in [2.24, 2.45) is 0 Å². The molecule has 0 radical (unpaired) electrons. The van der Waals surface area contributed by atoms with E-state index in [0.29, 0.717) is 17.3 Å². The molecule has 1 aliphatic rings. The molecule has 22 heavy (non-hydrogen) atoms. The smallest absolute Gasteiger partial charge is 0.251 e. The second-order valence-corrected chi connectivity index (χ2v) is 5.52. The van der Waals surface area contributed by atoms with Crippen molar-refractivity contribution in [3.05, 3.63) is 47.5 Å². The fourth-order valence-corrected chi connectivity index (χ4v) is 2.66. The van der Waals surface area contributed by atoms with Gasteiger partial charge in [0, 0.05) is 29.9 Å². The summed E-state index contributed by atoms with van der Waals surface area (Å²) in [5.74, 6) is -0.455. The van der Waals surface area contributed by atoms with Crippen molar-refractivity contribution in [1.82, 2.24) is 15.3 Å². The first-order chi connectivity index (χ1) is 10.6. The van der Waals surface area contributed by atoms with Gasteiger partial charge in [0.15, 0.2) is 0 Å². The highest BCUT2D eigenvalue weighted by atomic mass is 35.5. The third-order valence-corrected chi connectivity index (χ3v) is 3.79. The Hall–Kier alpha value is -2.18. The minimum atomic E-state index is -0.491. The average Bonchev–Trinajstić information content (AvgIpc) is 3.08. The number of halogens is 1. The monoisotopic (exact) mass is 318 g/mol. The van der Waals surface area contributed by atoms with Crippen molar-refractivity contribution in [3.63, 3.8) is 0 Å². The minimum Gasteiger partial charge on any atom is -0.348 e. The second-order valence-electron chi connectivity index (χ2n) is 5.08. The van der Waals surface area contributed by atoms with E-state index in [1.54, 1.807) is 36.8 Å². The molecule has 2 amide bonds. The number of hydrogen-bond donors (Lipinski definition) is 2. The second kappa shape index (κ2) is 6.29. The number of carbonyl (C=O) groups excluding carboxylic acids is 2. The quantitative estimate of drug-likeness (QED) is 0.820. The Labute approximate surface area is 132 Å². The van der Waals surface area contributed by atoms with Crippen molar-refractivity contribution < 1.29 is 9.59 Å². The molecule has 1 atom stereocenters. The van der Waals surface area contributed by atoms with E-state index in [1.165, 1.54) is 4.90 Å². The van der Waals surface area contributed by atoms with Crippen molar-refractivity contribution >= 4 is 29.1 Å². The predicted molar refractivity (Wildman–Crippen MR) is 82.6 cm³/mol. The molecule has 1 aromatic carbocycles. The number of benzene rings is 1. The molecule has 2 heterocycles. The number of imide groups is 1. The van der Waals surface area contributed by atoms with Crippen molar-refractivity contribution in [2.45, 2.75) is 18.9 Å². The SMILES string of the molecule is O=C1C[C@H](NCCc2cnc[nH]2)C(=O)N1c1cccc(Cl)c1. The van der Waals surface area contributed by atoms with Gasteiger partial charge in [-0.05, 0) is 18.2 Å². The van der Waals surface area contributed by atoms with Crippen LogP contribution in [0.4, 0.5) is 5.69 Å². The molecule has 0 unspecified atom stereocenters. The largest absolute Gasteiger partial charge is 0.348 e. The average molecular weight is 319 g/mol. The molecule has 1 aromatic heterocycles. The highest BCUT2D eigenvalue weighted by molar-refractivity contribution is 6.31. The van der Waals surface area contributed by atoms with Gasteiger partial charge in [0.05, 0.1) is 24.5 Å². The first-order valence-electron chi connectivity index (χ1n) is 6.98. The van der Waals surface area contributed by atoms with Crippen LogP contribution in [0.25, 0.3) is 0 Å². The van der Waals surface area contributed by atoms with Crippen LogP contribution >= 0.6 is 11.6 Å². The Morgan fingerprint density at radius 3 is 3.00 bits per heavy atom. The maximum Gasteiger partial charge on any atom is 0.251 e. The molecule has 0 spiro atoms. The van der Waals surface area contributed by atoms with E-state index in [2.05, 4.69) is 15.3 Å². The summed E-state index contributed by atoms with van der Waals surface area (Å²) in [6.45, 7) is 0.593. The van der Waals surface area contributed by atoms with Gasteiger partial charge < -0.3 is 10.3 Å². The van der Waals surface area contributed by atoms with Crippen LogP contribution in [0, 0.1) is 0 Å². The van der Waals surface area contributed by atoms with Crippen LogP contribution in [0.3, 0.4) is 0 Å². The zero-order valence-electron chi connectivity index (χ0n) is 11.8. The summed E-state index contributed by atoms with van der Waals surface area (Å²) in [5.41, 5.74) is 1.50. The molecule has 1 saturated heterocycles. The summed E-state index contributed by atoms with van der Waals surface area (Å²) in [4.78, 5) is 32.6. The molecule has 0 bridgehead atoms. The molecule has 6 nitrogen and oxygen atoms in total. The maximum absolute atomic E-state index is 12.4. The third-order valence-electron chi connectivity index (χ3n) is 3.55. The number of carbonyl (C=O) groups is 2. The Bertz CT molecular complexity index is 687. The van der Waals surface area contributed by atoms with Crippen molar-refractivity contribution in [3.8, 4) is 0 Å². The Morgan fingerprint density at radius 1 is 1.41 bits per heavy atom. The van der Waals surface area contributed by atoms with Crippen LogP contribution in [0.2, 0.25) is 5.02 Å². The summed E-state index contributed by atoms with van der Waals surface area (Å²) in [6, 6.07) is 6.25. The molecule has 114 valence electrons. The number of rotatable bonds is 5. The number of H-pyrrole nitrogens is 1. The van der Waals surface area contributed by atoms with Crippen LogP contribution in [-0.4, -0.2) is 34.4 Å². The zero-order valence-corrected chi connectivity index (χ0v) is 12.5. The van der Waals surface area contributed by atoms with Gasteiger partial charge in [0.25, 0.3) is 5.91 Å². The zero-order chi connectivity index (χ0) is 15.5. The van der Waals surface area contributed by atoms with Gasteiger partial charge in [-0.3, -0.25) is 9.59 Å². The lowest BCUT2D eigenvalue weighted by Gasteiger charge is -2.15. The number of imidazole rings is 1. The molecule has 0 aliphatic carbocycles. The van der Waals surface area contributed by atoms with Crippen LogP contribution in [0.1, 0.15) is 12.1 Å². The lowest BCUT2D eigenvalue weighted by Crippen LogP contribution is -2.39. The highest BCUT2D eigenvalue weighted by Gasteiger charge is 2.39. The Balaban J connectivity index is 1.64. The van der Waals surface area contributed by atoms with Crippen molar-refractivity contribution in [1.29, 1.82) is 0 Å². The fourth-order valence-electron chi connectivity index (χ4n) is 2.48. The van der Waals surface area contributed by atoms with Crippen LogP contribution in [0.5, 0.6) is 0 Å². The standard InChI is InChI=1S/C15H15ClN4O2/c16-10-2-1-3-12(6-10)20-14(21)7-13(15(20)22)18-5-4-11-8-17-9-19-11/h1-3,6,8-9,13,18H,4-5,7H2,(H,17,19)/t13-/m0/s1. The van der Waals surface area contributed by atoms with E-state index in [-0.39, 0.29) is 18.2 Å². The Morgan fingerprint density at radius 2 is 2.27 bits per heavy atom. The molecule has 2 aromatic rings. The highest BCUT2D eigenvalue weighted by Crippen LogP contribution is 2.25. The first-order valence-corrected chi connectivity index (χ1v) is 7.36. The lowest BCUT2D eigenvalue weighted by molar-refractivity contribution is -0.121. The van der Waals surface area contributed by atoms with E-state index in [4.69, 9.17) is 11.6 Å². The van der Waals surface area contributed by atoms with E-state index >= 15 is 0 Å². The van der Waals surface area contributed by atoms with E-state index in [9.17, 15) is 9.59 Å².